The van der Waals surface area contributed by atoms with Crippen LogP contribution in [0.1, 0.15) is 26.5 Å². The number of aryl methyl sites for hydroxylation is 1. The van der Waals surface area contributed by atoms with Crippen LogP contribution >= 0.6 is 15.9 Å². The molecule has 1 unspecified atom stereocenters. The lowest BCUT2D eigenvalue weighted by molar-refractivity contribution is 0.0473. The number of aliphatic hydroxyl groups is 1. The fourth-order valence-corrected chi connectivity index (χ4v) is 2.48. The minimum Gasteiger partial charge on any atom is -0.382 e. The number of rotatable bonds is 5. The third kappa shape index (κ3) is 3.30. The molecule has 1 aromatic rings. The fourth-order valence-electron chi connectivity index (χ4n) is 1.70. The molecule has 2 N–H and O–H groups in total. The first kappa shape index (κ1) is 13.7. The van der Waals surface area contributed by atoms with Crippen molar-refractivity contribution in [2.24, 2.45) is 13.0 Å². The average Bonchev–Trinajstić information content (AvgIpc) is 2.45. The molecule has 0 aliphatic heterocycles. The summed E-state index contributed by atoms with van der Waals surface area (Å²) in [6, 6.07) is 0. The highest BCUT2D eigenvalue weighted by molar-refractivity contribution is 9.10. The van der Waals surface area contributed by atoms with Gasteiger partial charge in [-0.3, -0.25) is 4.68 Å². The lowest BCUT2D eigenvalue weighted by atomic mass is 10.0. The number of nitrogens with one attached hydrogen (secondary N) is 1. The van der Waals surface area contributed by atoms with Gasteiger partial charge in [0.2, 0.25) is 0 Å². The minimum atomic E-state index is -0.918. The monoisotopic (exact) mass is 289 g/mol. The Kier molecular flexibility index (Phi) is 4.52. The van der Waals surface area contributed by atoms with Gasteiger partial charge in [-0.05, 0) is 35.3 Å². The molecule has 0 aromatic carbocycles. The molecule has 0 amide bonds. The maximum atomic E-state index is 10.4. The van der Waals surface area contributed by atoms with Gasteiger partial charge in [0.05, 0.1) is 16.4 Å². The number of aromatic nitrogens is 2. The fraction of sp³-hybridized carbons (Fsp3) is 0.727. The van der Waals surface area contributed by atoms with Gasteiger partial charge >= 0.3 is 0 Å². The van der Waals surface area contributed by atoms with Crippen molar-refractivity contribution < 1.29 is 5.11 Å². The lowest BCUT2D eigenvalue weighted by Crippen LogP contribution is -2.38. The molecule has 0 bridgehead atoms. The standard InChI is InChI=1S/C11H20BrN3O/c1-8(2)5-13-7-11(3,16)10-9(12)6-14-15(10)4/h6,8,13,16H,5,7H2,1-4H3. The summed E-state index contributed by atoms with van der Waals surface area (Å²) in [5.41, 5.74) is -0.123. The van der Waals surface area contributed by atoms with Crippen LogP contribution in [0.2, 0.25) is 0 Å². The normalized spacial score (nSPS) is 15.4. The quantitative estimate of drug-likeness (QED) is 0.866. The van der Waals surface area contributed by atoms with Crippen LogP contribution < -0.4 is 5.32 Å². The number of halogens is 1. The summed E-state index contributed by atoms with van der Waals surface area (Å²) in [5.74, 6) is 0.575. The highest BCUT2D eigenvalue weighted by Crippen LogP contribution is 2.26. The molecule has 0 saturated carbocycles. The van der Waals surface area contributed by atoms with E-state index in [9.17, 15) is 5.11 Å². The van der Waals surface area contributed by atoms with Crippen molar-refractivity contribution in [1.82, 2.24) is 15.1 Å². The van der Waals surface area contributed by atoms with Crippen LogP contribution in [0.4, 0.5) is 0 Å². The Bertz CT molecular complexity index is 327. The Hall–Kier alpha value is -0.390. The second-order valence-electron chi connectivity index (χ2n) is 4.76. The second-order valence-corrected chi connectivity index (χ2v) is 5.62. The van der Waals surface area contributed by atoms with Gasteiger partial charge in [-0.1, -0.05) is 13.8 Å². The Morgan fingerprint density at radius 1 is 1.62 bits per heavy atom. The molecule has 4 nitrogen and oxygen atoms in total. The topological polar surface area (TPSA) is 50.1 Å². The van der Waals surface area contributed by atoms with Gasteiger partial charge in [-0.15, -0.1) is 0 Å². The van der Waals surface area contributed by atoms with Gasteiger partial charge in [0, 0.05) is 13.6 Å². The van der Waals surface area contributed by atoms with E-state index in [0.717, 1.165) is 16.7 Å². The Balaban J connectivity index is 2.70. The predicted octanol–water partition coefficient (Wildman–Crippen LogP) is 1.64. The summed E-state index contributed by atoms with van der Waals surface area (Å²) in [7, 11) is 1.83. The van der Waals surface area contributed by atoms with E-state index in [-0.39, 0.29) is 0 Å². The van der Waals surface area contributed by atoms with Gasteiger partial charge in [-0.25, -0.2) is 0 Å². The number of hydrogen-bond acceptors (Lipinski definition) is 3. The van der Waals surface area contributed by atoms with Crippen LogP contribution in [0.15, 0.2) is 10.7 Å². The van der Waals surface area contributed by atoms with Crippen molar-refractivity contribution in [3.8, 4) is 0 Å². The Morgan fingerprint density at radius 3 is 2.69 bits per heavy atom. The molecular weight excluding hydrogens is 270 g/mol. The van der Waals surface area contributed by atoms with E-state index in [1.165, 1.54) is 0 Å². The molecule has 0 saturated heterocycles. The van der Waals surface area contributed by atoms with Crippen molar-refractivity contribution in [3.63, 3.8) is 0 Å². The summed E-state index contributed by atoms with van der Waals surface area (Å²) >= 11 is 3.40. The van der Waals surface area contributed by atoms with Crippen molar-refractivity contribution in [2.45, 2.75) is 26.4 Å². The molecule has 1 atom stereocenters. The molecule has 5 heteroatoms. The zero-order valence-electron chi connectivity index (χ0n) is 10.3. The molecule has 92 valence electrons. The van der Waals surface area contributed by atoms with Crippen molar-refractivity contribution in [3.05, 3.63) is 16.4 Å². The zero-order valence-corrected chi connectivity index (χ0v) is 11.9. The molecule has 0 spiro atoms. The van der Waals surface area contributed by atoms with E-state index >= 15 is 0 Å². The summed E-state index contributed by atoms with van der Waals surface area (Å²) in [6.45, 7) is 7.49. The number of hydrogen-bond donors (Lipinski definition) is 2. The van der Waals surface area contributed by atoms with E-state index < -0.39 is 5.60 Å². The van der Waals surface area contributed by atoms with E-state index in [2.05, 4.69) is 40.2 Å². The smallest absolute Gasteiger partial charge is 0.117 e. The molecule has 16 heavy (non-hydrogen) atoms. The van der Waals surface area contributed by atoms with Crippen LogP contribution in [0.5, 0.6) is 0 Å². The molecule has 1 aromatic heterocycles. The van der Waals surface area contributed by atoms with Crippen LogP contribution in [-0.2, 0) is 12.6 Å². The highest BCUT2D eigenvalue weighted by Gasteiger charge is 2.28. The zero-order chi connectivity index (χ0) is 12.3. The second kappa shape index (κ2) is 5.29. The third-order valence-corrected chi connectivity index (χ3v) is 3.01. The van der Waals surface area contributed by atoms with Crippen molar-refractivity contribution >= 4 is 15.9 Å². The van der Waals surface area contributed by atoms with E-state index in [1.807, 2.05) is 7.05 Å². The molecule has 0 aliphatic carbocycles. The minimum absolute atomic E-state index is 0.517. The Labute approximate surface area is 105 Å². The number of nitrogens with zero attached hydrogens (tertiary/aromatic N) is 2. The van der Waals surface area contributed by atoms with Gasteiger partial charge in [0.15, 0.2) is 0 Å². The predicted molar refractivity (Wildman–Crippen MR) is 68.2 cm³/mol. The van der Waals surface area contributed by atoms with Crippen LogP contribution in [-0.4, -0.2) is 28.0 Å². The summed E-state index contributed by atoms with van der Waals surface area (Å²) in [5, 5.41) is 17.8. The van der Waals surface area contributed by atoms with Crippen LogP contribution in [0.25, 0.3) is 0 Å². The average molecular weight is 290 g/mol. The van der Waals surface area contributed by atoms with Gasteiger partial charge in [-0.2, -0.15) is 5.10 Å². The first-order chi connectivity index (χ1) is 7.34. The van der Waals surface area contributed by atoms with Crippen molar-refractivity contribution in [1.29, 1.82) is 0 Å². The Morgan fingerprint density at radius 2 is 2.25 bits per heavy atom. The summed E-state index contributed by atoms with van der Waals surface area (Å²) in [6.07, 6.45) is 1.70. The molecule has 1 heterocycles. The lowest BCUT2D eigenvalue weighted by Gasteiger charge is -2.25. The molecular formula is C11H20BrN3O. The third-order valence-electron chi connectivity index (χ3n) is 2.43. The van der Waals surface area contributed by atoms with E-state index in [0.29, 0.717) is 12.5 Å². The van der Waals surface area contributed by atoms with Crippen molar-refractivity contribution in [2.75, 3.05) is 13.1 Å². The SMILES string of the molecule is CC(C)CNCC(C)(O)c1c(Br)cnn1C. The van der Waals surface area contributed by atoms with E-state index in [4.69, 9.17) is 0 Å². The maximum Gasteiger partial charge on any atom is 0.117 e. The largest absolute Gasteiger partial charge is 0.382 e. The first-order valence-corrected chi connectivity index (χ1v) is 6.25. The van der Waals surface area contributed by atoms with Crippen LogP contribution in [0, 0.1) is 5.92 Å². The maximum absolute atomic E-state index is 10.4. The molecule has 0 aliphatic rings. The van der Waals surface area contributed by atoms with Gasteiger partial charge < -0.3 is 10.4 Å². The van der Waals surface area contributed by atoms with Gasteiger partial charge in [0.25, 0.3) is 0 Å². The van der Waals surface area contributed by atoms with Crippen LogP contribution in [0.3, 0.4) is 0 Å². The molecule has 0 radical (unpaired) electrons. The van der Waals surface area contributed by atoms with E-state index in [1.54, 1.807) is 17.8 Å². The first-order valence-electron chi connectivity index (χ1n) is 5.45. The molecule has 1 rings (SSSR count). The van der Waals surface area contributed by atoms with Gasteiger partial charge in [0.1, 0.15) is 5.60 Å². The summed E-state index contributed by atoms with van der Waals surface area (Å²) in [4.78, 5) is 0. The molecule has 0 fully saturated rings. The highest BCUT2D eigenvalue weighted by atomic mass is 79.9. The summed E-state index contributed by atoms with van der Waals surface area (Å²) < 4.78 is 2.53.